The van der Waals surface area contributed by atoms with Gasteiger partial charge in [0.25, 0.3) is 0 Å². The predicted octanol–water partition coefficient (Wildman–Crippen LogP) is 3.74. The Hall–Kier alpha value is -0.120. The third kappa shape index (κ3) is 4.59. The second kappa shape index (κ2) is 8.27. The smallest absolute Gasteiger partial charge is 0.00956 e. The Morgan fingerprint density at radius 2 is 1.44 bits per heavy atom. The number of hydrogen-bond acceptors (Lipinski definition) is 3. The molecule has 0 aromatic rings. The normalized spacial score (nSPS) is 31.6. The molecule has 1 N–H and O–H groups in total. The Morgan fingerprint density at radius 1 is 0.800 bits per heavy atom. The van der Waals surface area contributed by atoms with E-state index in [1.54, 1.807) is 0 Å². The van der Waals surface area contributed by atoms with Crippen molar-refractivity contribution >= 4 is 0 Å². The third-order valence-corrected chi connectivity index (χ3v) is 8.24. The lowest BCUT2D eigenvalue weighted by Gasteiger charge is -2.49. The Bertz CT molecular complexity index is 391. The minimum Gasteiger partial charge on any atom is -0.317 e. The fraction of sp³-hybridized carbons (Fsp3) is 1.00. The topological polar surface area (TPSA) is 18.5 Å². The second-order valence-electron chi connectivity index (χ2n) is 9.94. The first-order valence-electron chi connectivity index (χ1n) is 11.4. The maximum Gasteiger partial charge on any atom is 0.00956 e. The minimum atomic E-state index is 0.726. The molecule has 4 rings (SSSR count). The van der Waals surface area contributed by atoms with Gasteiger partial charge in [-0.05, 0) is 121 Å². The van der Waals surface area contributed by atoms with Crippen molar-refractivity contribution in [1.82, 2.24) is 15.1 Å². The van der Waals surface area contributed by atoms with Crippen LogP contribution in [0.4, 0.5) is 0 Å². The van der Waals surface area contributed by atoms with Crippen molar-refractivity contribution in [2.24, 2.45) is 17.3 Å². The molecule has 4 aliphatic rings. The first-order valence-corrected chi connectivity index (χ1v) is 11.4. The standard InChI is InChI=1S/C22H41N3/c1-19-6-14-25(15-7-19)21-2-8-22(9-3-21)10-16-24(17-11-22)18-20-4-12-23-13-5-20/h19-21,23H,2-18H2,1H3. The lowest BCUT2D eigenvalue weighted by atomic mass is 9.66. The largest absolute Gasteiger partial charge is 0.317 e. The quantitative estimate of drug-likeness (QED) is 0.839. The van der Waals surface area contributed by atoms with Crippen LogP contribution in [0.2, 0.25) is 0 Å². The summed E-state index contributed by atoms with van der Waals surface area (Å²) < 4.78 is 0. The van der Waals surface area contributed by atoms with E-state index in [4.69, 9.17) is 0 Å². The van der Waals surface area contributed by atoms with E-state index in [2.05, 4.69) is 22.0 Å². The first-order chi connectivity index (χ1) is 12.2. The number of likely N-dealkylation sites (tertiary alicyclic amines) is 2. The van der Waals surface area contributed by atoms with E-state index in [0.29, 0.717) is 0 Å². The zero-order chi connectivity index (χ0) is 17.1. The molecule has 1 aliphatic carbocycles. The maximum absolute atomic E-state index is 3.51. The van der Waals surface area contributed by atoms with Gasteiger partial charge in [0.1, 0.15) is 0 Å². The molecular formula is C22H41N3. The molecule has 144 valence electrons. The number of rotatable bonds is 3. The van der Waals surface area contributed by atoms with E-state index in [1.807, 2.05) is 0 Å². The van der Waals surface area contributed by atoms with Crippen LogP contribution in [-0.4, -0.2) is 61.7 Å². The summed E-state index contributed by atoms with van der Waals surface area (Å²) >= 11 is 0. The van der Waals surface area contributed by atoms with Gasteiger partial charge >= 0.3 is 0 Å². The van der Waals surface area contributed by atoms with Crippen molar-refractivity contribution in [2.75, 3.05) is 45.8 Å². The minimum absolute atomic E-state index is 0.726. The van der Waals surface area contributed by atoms with Crippen LogP contribution in [-0.2, 0) is 0 Å². The first kappa shape index (κ1) is 18.3. The Morgan fingerprint density at radius 3 is 2.08 bits per heavy atom. The second-order valence-corrected chi connectivity index (χ2v) is 9.94. The van der Waals surface area contributed by atoms with Gasteiger partial charge in [0.15, 0.2) is 0 Å². The number of hydrogen-bond donors (Lipinski definition) is 1. The molecule has 1 saturated carbocycles. The lowest BCUT2D eigenvalue weighted by molar-refractivity contribution is 0.0190. The van der Waals surface area contributed by atoms with Gasteiger partial charge in [0, 0.05) is 12.6 Å². The van der Waals surface area contributed by atoms with Crippen LogP contribution in [0.15, 0.2) is 0 Å². The van der Waals surface area contributed by atoms with Gasteiger partial charge < -0.3 is 15.1 Å². The highest BCUT2D eigenvalue weighted by Crippen LogP contribution is 2.46. The molecule has 0 aromatic heterocycles. The van der Waals surface area contributed by atoms with Gasteiger partial charge in [-0.15, -0.1) is 0 Å². The van der Waals surface area contributed by atoms with Crippen molar-refractivity contribution in [1.29, 1.82) is 0 Å². The molecule has 3 nitrogen and oxygen atoms in total. The molecule has 3 saturated heterocycles. The van der Waals surface area contributed by atoms with Crippen LogP contribution in [0.25, 0.3) is 0 Å². The van der Waals surface area contributed by atoms with Crippen LogP contribution < -0.4 is 5.32 Å². The average Bonchev–Trinajstić information content (AvgIpc) is 2.66. The predicted molar refractivity (Wildman–Crippen MR) is 106 cm³/mol. The molecule has 0 unspecified atom stereocenters. The molecule has 0 amide bonds. The molecule has 1 spiro atoms. The van der Waals surface area contributed by atoms with Crippen molar-refractivity contribution in [2.45, 2.75) is 77.2 Å². The summed E-state index contributed by atoms with van der Waals surface area (Å²) in [7, 11) is 0. The summed E-state index contributed by atoms with van der Waals surface area (Å²) in [6.45, 7) is 11.8. The van der Waals surface area contributed by atoms with Crippen LogP contribution >= 0.6 is 0 Å². The summed E-state index contributed by atoms with van der Waals surface area (Å²) in [6, 6.07) is 0.922. The van der Waals surface area contributed by atoms with Crippen LogP contribution in [0.3, 0.4) is 0 Å². The fourth-order valence-electron chi connectivity index (χ4n) is 6.11. The van der Waals surface area contributed by atoms with Gasteiger partial charge in [-0.1, -0.05) is 6.92 Å². The number of nitrogens with zero attached hydrogens (tertiary/aromatic N) is 2. The van der Waals surface area contributed by atoms with E-state index in [9.17, 15) is 0 Å². The monoisotopic (exact) mass is 347 g/mol. The highest BCUT2D eigenvalue weighted by Gasteiger charge is 2.39. The molecule has 4 fully saturated rings. The average molecular weight is 348 g/mol. The molecular weight excluding hydrogens is 306 g/mol. The Kier molecular flexibility index (Phi) is 6.04. The van der Waals surface area contributed by atoms with Gasteiger partial charge in [0.2, 0.25) is 0 Å². The van der Waals surface area contributed by atoms with E-state index >= 15 is 0 Å². The van der Waals surface area contributed by atoms with Gasteiger partial charge in [-0.25, -0.2) is 0 Å². The highest BCUT2D eigenvalue weighted by atomic mass is 15.2. The van der Waals surface area contributed by atoms with Crippen LogP contribution in [0.1, 0.15) is 71.1 Å². The zero-order valence-corrected chi connectivity index (χ0v) is 16.6. The molecule has 0 aromatic carbocycles. The molecule has 3 aliphatic heterocycles. The Balaban J connectivity index is 1.20. The molecule has 0 bridgehead atoms. The molecule has 3 heteroatoms. The summed E-state index contributed by atoms with van der Waals surface area (Å²) in [4.78, 5) is 5.65. The van der Waals surface area contributed by atoms with E-state index in [1.165, 1.54) is 110 Å². The van der Waals surface area contributed by atoms with E-state index in [0.717, 1.165) is 23.3 Å². The number of piperidine rings is 3. The highest BCUT2D eigenvalue weighted by molar-refractivity contribution is 4.93. The summed E-state index contributed by atoms with van der Waals surface area (Å²) in [5, 5.41) is 3.51. The van der Waals surface area contributed by atoms with Gasteiger partial charge in [-0.2, -0.15) is 0 Å². The molecule has 25 heavy (non-hydrogen) atoms. The van der Waals surface area contributed by atoms with Crippen molar-refractivity contribution in [3.05, 3.63) is 0 Å². The van der Waals surface area contributed by atoms with E-state index in [-0.39, 0.29) is 0 Å². The molecule has 0 atom stereocenters. The van der Waals surface area contributed by atoms with Gasteiger partial charge in [0.05, 0.1) is 0 Å². The van der Waals surface area contributed by atoms with Crippen molar-refractivity contribution in [3.63, 3.8) is 0 Å². The van der Waals surface area contributed by atoms with Gasteiger partial charge in [-0.3, -0.25) is 0 Å². The molecule has 3 heterocycles. The van der Waals surface area contributed by atoms with Crippen molar-refractivity contribution < 1.29 is 0 Å². The summed E-state index contributed by atoms with van der Waals surface area (Å²) in [5.74, 6) is 1.93. The number of nitrogens with one attached hydrogen (secondary N) is 1. The molecule has 0 radical (unpaired) electrons. The van der Waals surface area contributed by atoms with Crippen LogP contribution in [0.5, 0.6) is 0 Å². The third-order valence-electron chi connectivity index (χ3n) is 8.24. The lowest BCUT2D eigenvalue weighted by Crippen LogP contribution is -2.48. The van der Waals surface area contributed by atoms with Crippen molar-refractivity contribution in [3.8, 4) is 0 Å². The fourth-order valence-corrected chi connectivity index (χ4v) is 6.11. The summed E-state index contributed by atoms with van der Waals surface area (Å²) in [5.41, 5.74) is 0.726. The zero-order valence-electron chi connectivity index (χ0n) is 16.6. The Labute approximate surface area is 155 Å². The maximum atomic E-state index is 3.51. The van der Waals surface area contributed by atoms with E-state index < -0.39 is 0 Å². The summed E-state index contributed by atoms with van der Waals surface area (Å²) in [6.07, 6.45) is 14.7. The van der Waals surface area contributed by atoms with Crippen LogP contribution in [0, 0.1) is 17.3 Å². The SMILES string of the molecule is CC1CCN(C2CCC3(CC2)CCN(CC2CCNCC2)CC3)CC1.